The summed E-state index contributed by atoms with van der Waals surface area (Å²) in [4.78, 5) is 12.6. The number of ether oxygens (including phenoxy) is 3. The molecule has 0 saturated heterocycles. The third-order valence-corrected chi connectivity index (χ3v) is 4.29. The average molecular weight is 262 g/mol. The predicted molar refractivity (Wildman–Crippen MR) is 69.1 cm³/mol. The molecule has 3 rings (SSSR count). The van der Waals surface area contributed by atoms with Gasteiger partial charge < -0.3 is 14.2 Å². The van der Waals surface area contributed by atoms with Gasteiger partial charge in [0.05, 0.1) is 21.3 Å². The van der Waals surface area contributed by atoms with Gasteiger partial charge in [0.1, 0.15) is 5.41 Å². The highest BCUT2D eigenvalue weighted by atomic mass is 16.5. The number of allylic oxidation sites excluding steroid dienone is 2. The molecule has 0 aliphatic heterocycles. The minimum Gasteiger partial charge on any atom is -0.495 e. The summed E-state index contributed by atoms with van der Waals surface area (Å²) in [6, 6.07) is 0. The Kier molecular flexibility index (Phi) is 2.69. The molecular weight excluding hydrogens is 244 g/mol. The molecule has 3 aliphatic carbocycles. The van der Waals surface area contributed by atoms with Crippen LogP contribution in [-0.4, -0.2) is 27.1 Å². The molecule has 0 heterocycles. The monoisotopic (exact) mass is 262 g/mol. The third-order valence-electron chi connectivity index (χ3n) is 4.29. The maximum atomic E-state index is 12.6. The third kappa shape index (κ3) is 1.37. The van der Waals surface area contributed by atoms with E-state index in [1.807, 2.05) is 6.08 Å². The fraction of sp³-hybridized carbons (Fsp3) is 0.533. The summed E-state index contributed by atoms with van der Waals surface area (Å²) < 4.78 is 16.3. The van der Waals surface area contributed by atoms with E-state index in [2.05, 4.69) is 0 Å². The van der Waals surface area contributed by atoms with Crippen LogP contribution in [0.3, 0.4) is 0 Å². The van der Waals surface area contributed by atoms with E-state index in [-0.39, 0.29) is 5.78 Å². The van der Waals surface area contributed by atoms with Crippen LogP contribution in [0.5, 0.6) is 0 Å². The maximum Gasteiger partial charge on any atom is 0.200 e. The Labute approximate surface area is 112 Å². The highest BCUT2D eigenvalue weighted by Crippen LogP contribution is 2.66. The number of methoxy groups -OCH3 is 3. The van der Waals surface area contributed by atoms with E-state index < -0.39 is 5.41 Å². The highest BCUT2D eigenvalue weighted by molar-refractivity contribution is 6.02. The van der Waals surface area contributed by atoms with Gasteiger partial charge in [0, 0.05) is 6.42 Å². The van der Waals surface area contributed by atoms with Crippen LogP contribution in [0.25, 0.3) is 0 Å². The summed E-state index contributed by atoms with van der Waals surface area (Å²) in [6.45, 7) is 0. The zero-order valence-electron chi connectivity index (χ0n) is 11.5. The van der Waals surface area contributed by atoms with Crippen molar-refractivity contribution in [2.45, 2.75) is 25.7 Å². The lowest BCUT2D eigenvalue weighted by molar-refractivity contribution is -0.123. The van der Waals surface area contributed by atoms with Crippen molar-refractivity contribution in [3.05, 3.63) is 34.5 Å². The molecule has 1 saturated carbocycles. The van der Waals surface area contributed by atoms with Gasteiger partial charge in [-0.2, -0.15) is 0 Å². The standard InChI is InChI=1S/C15H18O4/c1-17-11-8-10-9-6-4-5-7-12(16)15(9,10)14(19-3)13(11)18-2/h8H,4-7H2,1-3H3. The summed E-state index contributed by atoms with van der Waals surface area (Å²) in [5, 5.41) is 0. The Morgan fingerprint density at radius 3 is 2.42 bits per heavy atom. The van der Waals surface area contributed by atoms with Crippen molar-refractivity contribution in [3.63, 3.8) is 0 Å². The largest absolute Gasteiger partial charge is 0.495 e. The Balaban J connectivity index is 2.16. The molecule has 0 aromatic carbocycles. The number of carbonyl (C=O) groups is 1. The van der Waals surface area contributed by atoms with Crippen LogP contribution in [0.4, 0.5) is 0 Å². The van der Waals surface area contributed by atoms with E-state index in [0.717, 1.165) is 24.8 Å². The van der Waals surface area contributed by atoms with Crippen LogP contribution in [-0.2, 0) is 19.0 Å². The Morgan fingerprint density at radius 1 is 1.05 bits per heavy atom. The molecule has 4 nitrogen and oxygen atoms in total. The van der Waals surface area contributed by atoms with Crippen LogP contribution in [0.1, 0.15) is 25.7 Å². The lowest BCUT2D eigenvalue weighted by atomic mass is 9.84. The summed E-state index contributed by atoms with van der Waals surface area (Å²) in [7, 11) is 4.76. The Hall–Kier alpha value is -1.71. The van der Waals surface area contributed by atoms with Gasteiger partial charge in [-0.25, -0.2) is 0 Å². The first-order valence-corrected chi connectivity index (χ1v) is 6.58. The fourth-order valence-corrected chi connectivity index (χ4v) is 3.42. The molecule has 102 valence electrons. The van der Waals surface area contributed by atoms with Crippen molar-refractivity contribution < 1.29 is 19.0 Å². The van der Waals surface area contributed by atoms with Crippen molar-refractivity contribution in [2.24, 2.45) is 5.41 Å². The molecule has 3 aliphatic rings. The molecule has 0 aromatic rings. The average Bonchev–Trinajstić information content (AvgIpc) is 3.11. The fourth-order valence-electron chi connectivity index (χ4n) is 3.42. The number of carbonyl (C=O) groups excluding carboxylic acids is 1. The highest BCUT2D eigenvalue weighted by Gasteiger charge is 2.64. The van der Waals surface area contributed by atoms with Crippen LogP contribution in [0, 0.1) is 5.41 Å². The summed E-state index contributed by atoms with van der Waals surface area (Å²) in [6.07, 6.45) is 5.50. The number of hydrogen-bond donors (Lipinski definition) is 0. The lowest BCUT2D eigenvalue weighted by Gasteiger charge is -2.26. The first kappa shape index (κ1) is 12.3. The quantitative estimate of drug-likeness (QED) is 0.783. The summed E-state index contributed by atoms with van der Waals surface area (Å²) in [5.41, 5.74) is 1.62. The first-order valence-electron chi connectivity index (χ1n) is 6.58. The van der Waals surface area contributed by atoms with Gasteiger partial charge in [0.2, 0.25) is 5.76 Å². The second kappa shape index (κ2) is 4.15. The van der Waals surface area contributed by atoms with E-state index in [4.69, 9.17) is 14.2 Å². The Morgan fingerprint density at radius 2 is 1.79 bits per heavy atom. The molecule has 0 amide bonds. The van der Waals surface area contributed by atoms with Gasteiger partial charge in [-0.1, -0.05) is 0 Å². The van der Waals surface area contributed by atoms with E-state index >= 15 is 0 Å². The van der Waals surface area contributed by atoms with Gasteiger partial charge >= 0.3 is 0 Å². The van der Waals surface area contributed by atoms with Crippen molar-refractivity contribution >= 4 is 5.78 Å². The Bertz CT molecular complexity index is 538. The molecule has 1 spiro atoms. The minimum absolute atomic E-state index is 0.229. The molecule has 1 fully saturated rings. The zero-order valence-corrected chi connectivity index (χ0v) is 11.5. The first-order chi connectivity index (χ1) is 9.21. The van der Waals surface area contributed by atoms with Crippen molar-refractivity contribution in [2.75, 3.05) is 21.3 Å². The second-order valence-corrected chi connectivity index (χ2v) is 5.05. The smallest absolute Gasteiger partial charge is 0.200 e. The predicted octanol–water partition coefficient (Wildman–Crippen LogP) is 2.47. The van der Waals surface area contributed by atoms with E-state index in [0.29, 0.717) is 23.7 Å². The van der Waals surface area contributed by atoms with Crippen LogP contribution in [0.15, 0.2) is 34.5 Å². The topological polar surface area (TPSA) is 44.8 Å². The van der Waals surface area contributed by atoms with Crippen LogP contribution < -0.4 is 0 Å². The number of ketones is 1. The lowest BCUT2D eigenvalue weighted by Crippen LogP contribution is -2.28. The summed E-state index contributed by atoms with van der Waals surface area (Å²) >= 11 is 0. The van der Waals surface area contributed by atoms with Gasteiger partial charge in [-0.05, 0) is 36.5 Å². The van der Waals surface area contributed by atoms with Gasteiger partial charge in [0.15, 0.2) is 17.3 Å². The molecule has 1 unspecified atom stereocenters. The van der Waals surface area contributed by atoms with Crippen LogP contribution in [0.2, 0.25) is 0 Å². The van der Waals surface area contributed by atoms with Crippen LogP contribution >= 0.6 is 0 Å². The molecule has 0 N–H and O–H groups in total. The van der Waals surface area contributed by atoms with Gasteiger partial charge in [-0.3, -0.25) is 4.79 Å². The molecular formula is C15H18O4. The minimum atomic E-state index is -0.626. The molecule has 19 heavy (non-hydrogen) atoms. The van der Waals surface area contributed by atoms with Crippen molar-refractivity contribution in [1.82, 2.24) is 0 Å². The van der Waals surface area contributed by atoms with E-state index in [1.165, 1.54) is 5.57 Å². The van der Waals surface area contributed by atoms with Gasteiger partial charge in [0.25, 0.3) is 0 Å². The molecule has 0 bridgehead atoms. The number of Topliss-reactive ketones (excluding diaryl/α,β-unsaturated/α-hetero) is 1. The zero-order chi connectivity index (χ0) is 13.6. The van der Waals surface area contributed by atoms with E-state index in [1.54, 1.807) is 21.3 Å². The molecule has 0 aromatic heterocycles. The maximum absolute atomic E-state index is 12.6. The number of hydrogen-bond acceptors (Lipinski definition) is 4. The molecule has 0 radical (unpaired) electrons. The van der Waals surface area contributed by atoms with E-state index in [9.17, 15) is 4.79 Å². The number of rotatable bonds is 3. The molecule has 4 heteroatoms. The van der Waals surface area contributed by atoms with Crippen molar-refractivity contribution in [3.8, 4) is 0 Å². The normalized spacial score (nSPS) is 29.2. The summed E-state index contributed by atoms with van der Waals surface area (Å²) in [5.74, 6) is 2.01. The second-order valence-electron chi connectivity index (χ2n) is 5.05. The van der Waals surface area contributed by atoms with Crippen molar-refractivity contribution in [1.29, 1.82) is 0 Å². The SMILES string of the molecule is COC1=CC2=C3CCCCC(=O)C23C(OC)=C1OC. The molecule has 1 atom stereocenters. The van der Waals surface area contributed by atoms with Gasteiger partial charge in [-0.15, -0.1) is 0 Å².